The molecule has 2 aromatic heterocycles. The second-order valence-electron chi connectivity index (χ2n) is 9.44. The zero-order chi connectivity index (χ0) is 26.8. The number of methoxy groups -OCH3 is 2. The summed E-state index contributed by atoms with van der Waals surface area (Å²) in [5.41, 5.74) is 3.39. The maximum atomic E-state index is 14.3. The highest BCUT2D eigenvalue weighted by atomic mass is 32.1. The molecule has 3 heterocycles. The van der Waals surface area contributed by atoms with Gasteiger partial charge in [-0.25, -0.2) is 0 Å². The normalized spacial score (nSPS) is 14.1. The molecule has 2 aromatic carbocycles. The van der Waals surface area contributed by atoms with Crippen molar-refractivity contribution < 1.29 is 19.1 Å². The summed E-state index contributed by atoms with van der Waals surface area (Å²) in [6.45, 7) is 3.84. The lowest BCUT2D eigenvalue weighted by atomic mass is 9.96. The molecule has 1 aliphatic heterocycles. The Labute approximate surface area is 226 Å². The number of aromatic nitrogens is 1. The molecule has 0 spiro atoms. The van der Waals surface area contributed by atoms with Crippen LogP contribution in [0.1, 0.15) is 36.0 Å². The van der Waals surface area contributed by atoms with Crippen LogP contribution in [0.15, 0.2) is 78.3 Å². The summed E-state index contributed by atoms with van der Waals surface area (Å²) in [6.07, 6.45) is 2.27. The minimum absolute atomic E-state index is 0.0420. The molecule has 0 fully saturated rings. The Morgan fingerprint density at radius 1 is 0.974 bits per heavy atom. The second kappa shape index (κ2) is 10.8. The highest BCUT2D eigenvalue weighted by Crippen LogP contribution is 2.45. The van der Waals surface area contributed by atoms with Crippen LogP contribution < -0.4 is 14.4 Å². The average Bonchev–Trinajstić information content (AvgIpc) is 3.62. The average molecular weight is 530 g/mol. The third kappa shape index (κ3) is 4.67. The first-order valence-electron chi connectivity index (χ1n) is 12.6. The summed E-state index contributed by atoms with van der Waals surface area (Å²) in [4.78, 5) is 32.1. The largest absolute Gasteiger partial charge is 0.497 e. The number of carbonyl (C=O) groups is 2. The van der Waals surface area contributed by atoms with Crippen LogP contribution >= 0.6 is 11.3 Å². The van der Waals surface area contributed by atoms with Gasteiger partial charge in [-0.05, 0) is 67.8 Å². The first-order chi connectivity index (χ1) is 18.4. The summed E-state index contributed by atoms with van der Waals surface area (Å²) in [6, 6.07) is 20.7. The Balaban J connectivity index is 1.59. The first kappa shape index (κ1) is 25.6. The lowest BCUT2D eigenvalue weighted by Gasteiger charge is -2.40. The highest BCUT2D eigenvalue weighted by Gasteiger charge is 2.38. The number of hydrogen-bond acceptors (Lipinski definition) is 5. The van der Waals surface area contributed by atoms with Crippen molar-refractivity contribution in [3.05, 3.63) is 94.4 Å². The monoisotopic (exact) mass is 529 g/mol. The van der Waals surface area contributed by atoms with Gasteiger partial charge < -0.3 is 18.9 Å². The van der Waals surface area contributed by atoms with Crippen LogP contribution in [0.2, 0.25) is 0 Å². The van der Waals surface area contributed by atoms with Crippen LogP contribution in [-0.2, 0) is 16.0 Å². The number of rotatable bonds is 8. The van der Waals surface area contributed by atoms with Crippen molar-refractivity contribution in [1.29, 1.82) is 0 Å². The van der Waals surface area contributed by atoms with Gasteiger partial charge in [0.05, 0.1) is 37.7 Å². The Hall–Kier alpha value is -4.04. The summed E-state index contributed by atoms with van der Waals surface area (Å²) in [5.74, 6) is 1.07. The lowest BCUT2D eigenvalue weighted by molar-refractivity contribution is -0.136. The van der Waals surface area contributed by atoms with E-state index in [4.69, 9.17) is 9.47 Å². The molecule has 2 amide bonds. The van der Waals surface area contributed by atoms with Crippen LogP contribution in [0.25, 0.3) is 5.69 Å². The summed E-state index contributed by atoms with van der Waals surface area (Å²) >= 11 is 1.55. The van der Waals surface area contributed by atoms with Gasteiger partial charge in [-0.1, -0.05) is 18.2 Å². The Bertz CT molecular complexity index is 1440. The van der Waals surface area contributed by atoms with E-state index in [9.17, 15) is 9.59 Å². The smallest absolute Gasteiger partial charge is 0.247 e. The van der Waals surface area contributed by atoms with Crippen LogP contribution in [0.4, 0.5) is 5.69 Å². The minimum atomic E-state index is -0.487. The predicted octanol–water partition coefficient (Wildman–Crippen LogP) is 5.47. The number of para-hydroxylation sites is 2. The first-order valence-corrected chi connectivity index (χ1v) is 13.4. The molecule has 38 heavy (non-hydrogen) atoms. The van der Waals surface area contributed by atoms with E-state index in [1.54, 1.807) is 35.4 Å². The number of ether oxygens (including phenoxy) is 2. The number of anilines is 1. The van der Waals surface area contributed by atoms with Crippen molar-refractivity contribution in [3.63, 3.8) is 0 Å². The number of amides is 2. The van der Waals surface area contributed by atoms with Crippen molar-refractivity contribution >= 4 is 28.8 Å². The molecule has 0 aliphatic carbocycles. The van der Waals surface area contributed by atoms with Gasteiger partial charge in [0.25, 0.3) is 0 Å². The van der Waals surface area contributed by atoms with E-state index in [1.807, 2.05) is 92.2 Å². The maximum Gasteiger partial charge on any atom is 0.247 e. The van der Waals surface area contributed by atoms with E-state index < -0.39 is 6.04 Å². The van der Waals surface area contributed by atoms with Gasteiger partial charge >= 0.3 is 0 Å². The number of fused-ring (bicyclic) bond motifs is 3. The van der Waals surface area contributed by atoms with Gasteiger partial charge in [0, 0.05) is 22.7 Å². The van der Waals surface area contributed by atoms with E-state index in [-0.39, 0.29) is 30.8 Å². The topological polar surface area (TPSA) is 64.0 Å². The second-order valence-corrected chi connectivity index (χ2v) is 10.5. The molecule has 1 atom stereocenters. The summed E-state index contributed by atoms with van der Waals surface area (Å²) < 4.78 is 13.4. The molecule has 1 unspecified atom stereocenters. The summed E-state index contributed by atoms with van der Waals surface area (Å²) in [7, 11) is 3.24. The van der Waals surface area contributed by atoms with Crippen molar-refractivity contribution in [2.24, 2.45) is 0 Å². The number of thiophene rings is 1. The number of hydrogen-bond donors (Lipinski definition) is 0. The molecule has 0 saturated carbocycles. The van der Waals surface area contributed by atoms with Crippen molar-refractivity contribution in [2.75, 3.05) is 25.7 Å². The van der Waals surface area contributed by atoms with Crippen LogP contribution in [0.5, 0.6) is 11.5 Å². The Morgan fingerprint density at radius 3 is 2.45 bits per heavy atom. The Kier molecular flexibility index (Phi) is 7.24. The molecule has 8 heteroatoms. The third-order valence-corrected chi connectivity index (χ3v) is 7.75. The van der Waals surface area contributed by atoms with E-state index in [2.05, 4.69) is 4.57 Å². The number of benzene rings is 2. The molecule has 0 N–H and O–H groups in total. The molecule has 0 radical (unpaired) electrons. The van der Waals surface area contributed by atoms with Crippen molar-refractivity contribution in [1.82, 2.24) is 9.47 Å². The zero-order valence-corrected chi connectivity index (χ0v) is 22.8. The molecule has 5 rings (SSSR count). The minimum Gasteiger partial charge on any atom is -0.497 e. The van der Waals surface area contributed by atoms with E-state index in [0.717, 1.165) is 27.5 Å². The molecular weight excluding hydrogens is 498 g/mol. The molecule has 196 valence electrons. The molecule has 0 saturated heterocycles. The van der Waals surface area contributed by atoms with E-state index in [0.29, 0.717) is 11.5 Å². The molecule has 4 aromatic rings. The molecule has 7 nitrogen and oxygen atoms in total. The zero-order valence-electron chi connectivity index (χ0n) is 22.0. The third-order valence-electron chi connectivity index (χ3n) is 6.87. The highest BCUT2D eigenvalue weighted by molar-refractivity contribution is 7.10. The fourth-order valence-corrected chi connectivity index (χ4v) is 5.75. The number of carbonyl (C=O) groups excluding carboxylic acids is 2. The molecule has 1 aliphatic rings. The standard InChI is InChI=1S/C30H31N3O4S/c1-20(2)32(28(34)18-22-9-8-16-38-22)19-29(35)33-25-11-6-5-10-24(25)31-15-7-12-26(31)30(33)23-17-21(36-3)13-14-27(23)37-4/h5-17,20,30H,18-19H2,1-4H3. The van der Waals surface area contributed by atoms with Gasteiger partial charge in [-0.2, -0.15) is 0 Å². The molecular formula is C30H31N3O4S. The van der Waals surface area contributed by atoms with Gasteiger partial charge in [0.15, 0.2) is 0 Å². The van der Waals surface area contributed by atoms with Crippen molar-refractivity contribution in [3.8, 4) is 17.2 Å². The molecule has 0 bridgehead atoms. The fraction of sp³-hybridized carbons (Fsp3) is 0.267. The van der Waals surface area contributed by atoms with Gasteiger partial charge in [-0.3, -0.25) is 14.5 Å². The fourth-order valence-electron chi connectivity index (χ4n) is 5.05. The summed E-state index contributed by atoms with van der Waals surface area (Å²) in [5, 5.41) is 1.96. The maximum absolute atomic E-state index is 14.3. The Morgan fingerprint density at radius 2 is 1.76 bits per heavy atom. The number of nitrogens with zero attached hydrogens (tertiary/aromatic N) is 3. The SMILES string of the molecule is COc1ccc(OC)c(C2c3cccn3-c3ccccc3N2C(=O)CN(C(=O)Cc2cccs2)C(C)C)c1. The van der Waals surface area contributed by atoms with Crippen LogP contribution in [0, 0.1) is 0 Å². The van der Waals surface area contributed by atoms with Crippen molar-refractivity contribution in [2.45, 2.75) is 32.4 Å². The van der Waals surface area contributed by atoms with Gasteiger partial charge in [-0.15, -0.1) is 11.3 Å². The van der Waals surface area contributed by atoms with E-state index >= 15 is 0 Å². The van der Waals surface area contributed by atoms with Gasteiger partial charge in [0.2, 0.25) is 11.8 Å². The quantitative estimate of drug-likeness (QED) is 0.304. The van der Waals surface area contributed by atoms with Crippen LogP contribution in [0.3, 0.4) is 0 Å². The van der Waals surface area contributed by atoms with Gasteiger partial charge in [0.1, 0.15) is 24.1 Å². The lowest BCUT2D eigenvalue weighted by Crippen LogP contribution is -2.49. The van der Waals surface area contributed by atoms with Crippen LogP contribution in [-0.4, -0.2) is 48.1 Å². The predicted molar refractivity (Wildman–Crippen MR) is 150 cm³/mol. The van der Waals surface area contributed by atoms with E-state index in [1.165, 1.54) is 0 Å².